The highest BCUT2D eigenvalue weighted by Crippen LogP contribution is 2.33. The fourth-order valence-corrected chi connectivity index (χ4v) is 6.31. The number of aromatic nitrogens is 2. The highest BCUT2D eigenvalue weighted by Gasteiger charge is 2.18. The zero-order chi connectivity index (χ0) is 34.2. The van der Waals surface area contributed by atoms with E-state index in [9.17, 15) is 9.59 Å². The number of carbonyl (C=O) groups excluding carboxylic acids is 2. The molecule has 7 heteroatoms. The van der Waals surface area contributed by atoms with Gasteiger partial charge < -0.3 is 19.0 Å². The Hall–Kier alpha value is -5.66. The number of fused-ring (bicyclic) bond motifs is 6. The molecular weight excluding hydrogens is 676 g/mol. The monoisotopic (exact) mass is 710 g/mol. The fraction of sp³-hybridized carbons (Fsp3) is 0.0952. The molecule has 0 aliphatic rings. The molecule has 6 nitrogen and oxygen atoms in total. The van der Waals surface area contributed by atoms with Gasteiger partial charge in [0.15, 0.2) is 0 Å². The number of nitrogens with zero attached hydrogens (tertiary/aromatic N) is 1. The van der Waals surface area contributed by atoms with Crippen molar-refractivity contribution in [2.45, 2.75) is 13.8 Å². The van der Waals surface area contributed by atoms with E-state index < -0.39 is 0 Å². The van der Waals surface area contributed by atoms with Crippen molar-refractivity contribution in [3.8, 4) is 5.69 Å². The number of halogens is 1. The molecule has 0 saturated carbocycles. The number of ether oxygens (including phenoxy) is 2. The highest BCUT2D eigenvalue weighted by atomic mass is 79.9. The van der Waals surface area contributed by atoms with E-state index >= 15 is 0 Å². The van der Waals surface area contributed by atoms with Gasteiger partial charge in [-0.3, -0.25) is 0 Å². The number of H-pyrrole nitrogens is 1. The van der Waals surface area contributed by atoms with Gasteiger partial charge in [-0.05, 0) is 78.3 Å². The van der Waals surface area contributed by atoms with Gasteiger partial charge in [0.25, 0.3) is 0 Å². The van der Waals surface area contributed by atoms with Gasteiger partial charge in [-0.2, -0.15) is 0 Å². The first-order valence-electron chi connectivity index (χ1n) is 16.1. The molecule has 0 fully saturated rings. The van der Waals surface area contributed by atoms with E-state index in [1.54, 1.807) is 19.1 Å². The maximum absolute atomic E-state index is 12.4. The molecule has 6 aromatic carbocycles. The molecule has 0 saturated heterocycles. The van der Waals surface area contributed by atoms with Crippen LogP contribution in [0.1, 0.15) is 34.6 Å². The molecule has 8 rings (SSSR count). The molecule has 0 amide bonds. The van der Waals surface area contributed by atoms with Crippen molar-refractivity contribution < 1.29 is 19.1 Å². The summed E-state index contributed by atoms with van der Waals surface area (Å²) >= 11 is 3.27. The van der Waals surface area contributed by atoms with E-state index in [-0.39, 0.29) is 11.9 Å². The lowest BCUT2D eigenvalue weighted by molar-refractivity contribution is 0.0516. The zero-order valence-corrected chi connectivity index (χ0v) is 28.8. The summed E-state index contributed by atoms with van der Waals surface area (Å²) in [6.45, 7) is 4.37. The smallest absolute Gasteiger partial charge is 0.340 e. The average Bonchev–Trinajstić information content (AvgIpc) is 3.69. The minimum Gasteiger partial charge on any atom is -0.462 e. The molecule has 244 valence electrons. The maximum Gasteiger partial charge on any atom is 0.340 e. The predicted molar refractivity (Wildman–Crippen MR) is 203 cm³/mol. The standard InChI is InChI=1S/C21H17NO2.C12H9N.C9H9BrO2/c1-2-24-21(23)17-11-5-8-14-20(17)22-18-12-6-3-9-15(18)16-10-4-7-13-19(16)22;1-3-7-11-9(5-1)10-6-2-4-8-12(10)13-11;1-2-12-9(11)7-5-3-4-6-8(7)10/h3-14H,2H2,1H3;1-8,13H;3-6H,2H2,1H3. The van der Waals surface area contributed by atoms with Gasteiger partial charge in [-0.1, -0.05) is 97.1 Å². The number of carbonyl (C=O) groups is 2. The first kappa shape index (κ1) is 33.2. The van der Waals surface area contributed by atoms with E-state index in [1.165, 1.54) is 32.6 Å². The SMILES string of the molecule is CCOC(=O)c1ccccc1-n1c2ccccc2c2ccccc21.CCOC(=O)c1ccccc1Br.c1ccc2c(c1)[nH]c1ccccc12. The Morgan fingerprint density at radius 3 is 1.47 bits per heavy atom. The molecule has 1 N–H and O–H groups in total. The van der Waals surface area contributed by atoms with Crippen molar-refractivity contribution in [3.63, 3.8) is 0 Å². The van der Waals surface area contributed by atoms with Crippen molar-refractivity contribution in [3.05, 3.63) is 161 Å². The Morgan fingerprint density at radius 2 is 0.939 bits per heavy atom. The molecule has 2 aromatic heterocycles. The predicted octanol–water partition coefficient (Wildman–Crippen LogP) is 10.9. The third-order valence-corrected chi connectivity index (χ3v) is 8.69. The van der Waals surface area contributed by atoms with Crippen molar-refractivity contribution >= 4 is 71.5 Å². The van der Waals surface area contributed by atoms with Crippen molar-refractivity contribution in [2.75, 3.05) is 13.2 Å². The summed E-state index contributed by atoms with van der Waals surface area (Å²) < 4.78 is 13.0. The number of para-hydroxylation sites is 5. The number of benzene rings is 6. The molecule has 0 aliphatic heterocycles. The minimum atomic E-state index is -0.296. The molecule has 0 spiro atoms. The number of esters is 2. The van der Waals surface area contributed by atoms with Crippen LogP contribution in [-0.4, -0.2) is 34.7 Å². The Balaban J connectivity index is 0.000000140. The molecule has 0 radical (unpaired) electrons. The van der Waals surface area contributed by atoms with E-state index in [4.69, 9.17) is 9.47 Å². The van der Waals surface area contributed by atoms with Crippen LogP contribution in [0.2, 0.25) is 0 Å². The Bertz CT molecular complexity index is 2290. The number of nitrogens with one attached hydrogen (secondary N) is 1. The van der Waals surface area contributed by atoms with Crippen LogP contribution < -0.4 is 0 Å². The van der Waals surface area contributed by atoms with Crippen LogP contribution >= 0.6 is 15.9 Å². The summed E-state index contributed by atoms with van der Waals surface area (Å²) in [5, 5.41) is 4.95. The lowest BCUT2D eigenvalue weighted by Crippen LogP contribution is -2.09. The van der Waals surface area contributed by atoms with Crippen LogP contribution in [0.4, 0.5) is 0 Å². The molecule has 0 unspecified atom stereocenters. The second-order valence-electron chi connectivity index (χ2n) is 11.0. The van der Waals surface area contributed by atoms with Crippen LogP contribution in [0, 0.1) is 0 Å². The largest absolute Gasteiger partial charge is 0.462 e. The minimum absolute atomic E-state index is 0.287. The average molecular weight is 712 g/mol. The second kappa shape index (κ2) is 15.5. The number of aromatic amines is 1. The lowest BCUT2D eigenvalue weighted by atomic mass is 10.1. The summed E-state index contributed by atoms with van der Waals surface area (Å²) in [5.74, 6) is -0.583. The summed E-state index contributed by atoms with van der Waals surface area (Å²) in [6.07, 6.45) is 0. The number of hydrogen-bond acceptors (Lipinski definition) is 4. The number of hydrogen-bond donors (Lipinski definition) is 1. The normalized spacial score (nSPS) is 10.7. The van der Waals surface area contributed by atoms with Crippen molar-refractivity contribution in [1.29, 1.82) is 0 Å². The fourth-order valence-electron chi connectivity index (χ4n) is 5.87. The lowest BCUT2D eigenvalue weighted by Gasteiger charge is -2.12. The van der Waals surface area contributed by atoms with Crippen molar-refractivity contribution in [1.82, 2.24) is 9.55 Å². The van der Waals surface area contributed by atoms with Gasteiger partial charge in [-0.25, -0.2) is 9.59 Å². The first-order valence-corrected chi connectivity index (χ1v) is 16.9. The molecule has 0 bridgehead atoms. The summed E-state index contributed by atoms with van der Waals surface area (Å²) in [5.41, 5.74) is 6.57. The van der Waals surface area contributed by atoms with Crippen LogP contribution in [0.5, 0.6) is 0 Å². The van der Waals surface area contributed by atoms with Gasteiger partial charge in [0.05, 0.1) is 41.1 Å². The molecule has 0 aliphatic carbocycles. The van der Waals surface area contributed by atoms with E-state index in [1.807, 2.05) is 67.6 Å². The third-order valence-electron chi connectivity index (χ3n) is 8.00. The van der Waals surface area contributed by atoms with Crippen LogP contribution in [0.25, 0.3) is 49.3 Å². The summed E-state index contributed by atoms with van der Waals surface area (Å²) in [4.78, 5) is 27.0. The molecule has 0 atom stereocenters. The topological polar surface area (TPSA) is 73.3 Å². The first-order chi connectivity index (χ1) is 24.0. The van der Waals surface area contributed by atoms with Crippen LogP contribution in [-0.2, 0) is 9.47 Å². The Kier molecular flexibility index (Phi) is 10.5. The summed E-state index contributed by atoms with van der Waals surface area (Å²) in [6, 6.07) is 48.0. The molecule has 49 heavy (non-hydrogen) atoms. The van der Waals surface area contributed by atoms with E-state index in [0.717, 1.165) is 21.2 Å². The van der Waals surface area contributed by atoms with Gasteiger partial charge in [0.1, 0.15) is 0 Å². The number of rotatable bonds is 5. The molecule has 2 heterocycles. The van der Waals surface area contributed by atoms with Gasteiger partial charge >= 0.3 is 11.9 Å². The third kappa shape index (κ3) is 7.12. The van der Waals surface area contributed by atoms with Gasteiger partial charge in [-0.15, -0.1) is 0 Å². The van der Waals surface area contributed by atoms with E-state index in [0.29, 0.717) is 24.3 Å². The van der Waals surface area contributed by atoms with E-state index in [2.05, 4.69) is 98.3 Å². The van der Waals surface area contributed by atoms with Crippen LogP contribution in [0.15, 0.2) is 150 Å². The Labute approximate surface area is 293 Å². The molecular formula is C42H35BrN2O4. The maximum atomic E-state index is 12.4. The quantitative estimate of drug-likeness (QED) is 0.180. The van der Waals surface area contributed by atoms with Gasteiger partial charge in [0, 0.05) is 37.1 Å². The molecule has 8 aromatic rings. The van der Waals surface area contributed by atoms with Crippen LogP contribution in [0.3, 0.4) is 0 Å². The second-order valence-corrected chi connectivity index (χ2v) is 11.9. The Morgan fingerprint density at radius 1 is 0.531 bits per heavy atom. The summed E-state index contributed by atoms with van der Waals surface area (Å²) in [7, 11) is 0. The van der Waals surface area contributed by atoms with Gasteiger partial charge in [0.2, 0.25) is 0 Å². The highest BCUT2D eigenvalue weighted by molar-refractivity contribution is 9.10. The van der Waals surface area contributed by atoms with Crippen molar-refractivity contribution in [2.24, 2.45) is 0 Å². The zero-order valence-electron chi connectivity index (χ0n) is 27.2.